The first kappa shape index (κ1) is 13.0. The third kappa shape index (κ3) is 2.37. The van der Waals surface area contributed by atoms with Crippen LogP contribution in [0.4, 0.5) is 0 Å². The van der Waals surface area contributed by atoms with Crippen LogP contribution >= 0.6 is 11.8 Å². The number of fused-ring (bicyclic) bond motifs is 1. The molecule has 0 saturated heterocycles. The molecule has 2 aromatic heterocycles. The van der Waals surface area contributed by atoms with Crippen LogP contribution in [0.25, 0.3) is 5.65 Å². The normalized spacial score (nSPS) is 10.9. The minimum atomic E-state index is 0.378. The number of rotatable bonds is 4. The number of aromatic nitrogens is 2. The number of thioether (sulfide) groups is 1. The van der Waals surface area contributed by atoms with Gasteiger partial charge in [-0.3, -0.25) is 4.40 Å². The van der Waals surface area contributed by atoms with Crippen LogP contribution in [-0.4, -0.2) is 15.6 Å². The molecule has 0 radical (unpaired) electrons. The Bertz CT molecular complexity index is 722. The number of ether oxygens (including phenoxy) is 1. The molecule has 0 aliphatic rings. The summed E-state index contributed by atoms with van der Waals surface area (Å²) in [6, 6.07) is 13.8. The Hall–Kier alpha value is -1.98. The largest absolute Gasteiger partial charge is 0.437 e. The predicted octanol–water partition coefficient (Wildman–Crippen LogP) is 3.31. The standard InChI is InChI=1S/C15H15N3OS/c1-20-12-7-5-11(6-8-12)19-15-13(10-16)18-9-3-2-4-14(18)17-15/h2-9H,10,16H2,1H3. The average Bonchev–Trinajstić information content (AvgIpc) is 2.85. The molecule has 0 aliphatic heterocycles. The van der Waals surface area contributed by atoms with Crippen LogP contribution in [0.1, 0.15) is 5.69 Å². The lowest BCUT2D eigenvalue weighted by atomic mass is 10.3. The first-order valence-electron chi connectivity index (χ1n) is 6.30. The molecule has 0 bridgehead atoms. The molecule has 0 amide bonds. The van der Waals surface area contributed by atoms with Crippen molar-refractivity contribution in [1.29, 1.82) is 0 Å². The highest BCUT2D eigenvalue weighted by Gasteiger charge is 2.12. The van der Waals surface area contributed by atoms with Crippen LogP contribution in [0, 0.1) is 0 Å². The van der Waals surface area contributed by atoms with Crippen LogP contribution in [0.5, 0.6) is 11.6 Å². The molecule has 2 heterocycles. The van der Waals surface area contributed by atoms with Crippen molar-refractivity contribution in [2.75, 3.05) is 6.26 Å². The zero-order chi connectivity index (χ0) is 13.9. The number of hydrogen-bond acceptors (Lipinski definition) is 4. The van der Waals surface area contributed by atoms with Gasteiger partial charge in [0.05, 0.1) is 0 Å². The maximum Gasteiger partial charge on any atom is 0.242 e. The molecule has 0 unspecified atom stereocenters. The van der Waals surface area contributed by atoms with Gasteiger partial charge in [0.15, 0.2) is 0 Å². The van der Waals surface area contributed by atoms with E-state index in [0.717, 1.165) is 17.1 Å². The van der Waals surface area contributed by atoms with Crippen LogP contribution in [0.15, 0.2) is 53.6 Å². The van der Waals surface area contributed by atoms with Gasteiger partial charge in [-0.2, -0.15) is 4.98 Å². The third-order valence-electron chi connectivity index (χ3n) is 3.06. The first-order valence-corrected chi connectivity index (χ1v) is 7.52. The molecule has 1 aromatic carbocycles. The molecule has 0 fully saturated rings. The molecule has 0 aliphatic carbocycles. The van der Waals surface area contributed by atoms with Gasteiger partial charge >= 0.3 is 0 Å². The zero-order valence-electron chi connectivity index (χ0n) is 11.1. The van der Waals surface area contributed by atoms with Gasteiger partial charge in [-0.25, -0.2) is 0 Å². The van der Waals surface area contributed by atoms with Gasteiger partial charge in [0.1, 0.15) is 17.1 Å². The van der Waals surface area contributed by atoms with Gasteiger partial charge in [-0.05, 0) is 42.7 Å². The topological polar surface area (TPSA) is 52.5 Å². The van der Waals surface area contributed by atoms with E-state index in [4.69, 9.17) is 10.5 Å². The highest BCUT2D eigenvalue weighted by atomic mass is 32.2. The quantitative estimate of drug-likeness (QED) is 0.747. The fraction of sp³-hybridized carbons (Fsp3) is 0.133. The highest BCUT2D eigenvalue weighted by molar-refractivity contribution is 7.98. The second kappa shape index (κ2) is 5.56. The van der Waals surface area contributed by atoms with E-state index in [1.54, 1.807) is 11.8 Å². The van der Waals surface area contributed by atoms with E-state index in [9.17, 15) is 0 Å². The van der Waals surface area contributed by atoms with Gasteiger partial charge in [0.25, 0.3) is 0 Å². The molecule has 5 heteroatoms. The molecule has 0 atom stereocenters. The van der Waals surface area contributed by atoms with Crippen molar-refractivity contribution in [1.82, 2.24) is 9.38 Å². The Morgan fingerprint density at radius 1 is 1.20 bits per heavy atom. The summed E-state index contributed by atoms with van der Waals surface area (Å²) in [7, 11) is 0. The van der Waals surface area contributed by atoms with Gasteiger partial charge in [-0.15, -0.1) is 11.8 Å². The van der Waals surface area contributed by atoms with Gasteiger partial charge in [0.2, 0.25) is 5.88 Å². The van der Waals surface area contributed by atoms with E-state index in [1.165, 1.54) is 4.90 Å². The second-order valence-electron chi connectivity index (χ2n) is 4.27. The van der Waals surface area contributed by atoms with Crippen LogP contribution in [0.2, 0.25) is 0 Å². The average molecular weight is 285 g/mol. The van der Waals surface area contributed by atoms with E-state index in [2.05, 4.69) is 4.98 Å². The van der Waals surface area contributed by atoms with E-state index in [1.807, 2.05) is 59.3 Å². The fourth-order valence-electron chi connectivity index (χ4n) is 2.05. The van der Waals surface area contributed by atoms with Gasteiger partial charge in [-0.1, -0.05) is 6.07 Å². The highest BCUT2D eigenvalue weighted by Crippen LogP contribution is 2.27. The maximum absolute atomic E-state index is 5.86. The number of hydrogen-bond donors (Lipinski definition) is 1. The summed E-state index contributed by atoms with van der Waals surface area (Å²) < 4.78 is 7.81. The Labute approximate surface area is 121 Å². The minimum Gasteiger partial charge on any atom is -0.437 e. The smallest absolute Gasteiger partial charge is 0.242 e. The van der Waals surface area contributed by atoms with Crippen molar-refractivity contribution < 1.29 is 4.74 Å². The van der Waals surface area contributed by atoms with Crippen molar-refractivity contribution >= 4 is 17.4 Å². The molecule has 3 rings (SSSR count). The Morgan fingerprint density at radius 2 is 2.00 bits per heavy atom. The molecule has 0 spiro atoms. The number of nitrogens with zero attached hydrogens (tertiary/aromatic N) is 2. The van der Waals surface area contributed by atoms with Crippen LogP contribution in [0.3, 0.4) is 0 Å². The summed E-state index contributed by atoms with van der Waals surface area (Å²) in [5.41, 5.74) is 7.52. The zero-order valence-corrected chi connectivity index (χ0v) is 11.9. The number of imidazole rings is 1. The monoisotopic (exact) mass is 285 g/mol. The predicted molar refractivity (Wildman–Crippen MR) is 81.4 cm³/mol. The van der Waals surface area contributed by atoms with Crippen molar-refractivity contribution in [3.63, 3.8) is 0 Å². The molecule has 102 valence electrons. The van der Waals surface area contributed by atoms with Crippen molar-refractivity contribution in [2.45, 2.75) is 11.4 Å². The van der Waals surface area contributed by atoms with E-state index < -0.39 is 0 Å². The molecule has 3 aromatic rings. The van der Waals surface area contributed by atoms with E-state index in [-0.39, 0.29) is 0 Å². The van der Waals surface area contributed by atoms with Crippen molar-refractivity contribution in [3.8, 4) is 11.6 Å². The molecule has 20 heavy (non-hydrogen) atoms. The lowest BCUT2D eigenvalue weighted by molar-refractivity contribution is 0.459. The second-order valence-corrected chi connectivity index (χ2v) is 5.15. The summed E-state index contributed by atoms with van der Waals surface area (Å²) in [6.45, 7) is 0.378. The maximum atomic E-state index is 5.86. The summed E-state index contributed by atoms with van der Waals surface area (Å²) in [5.74, 6) is 1.33. The SMILES string of the molecule is CSc1ccc(Oc2nc3ccccn3c2CN)cc1. The number of benzene rings is 1. The molecular formula is C15H15N3OS. The van der Waals surface area contributed by atoms with E-state index in [0.29, 0.717) is 12.4 Å². The third-order valence-corrected chi connectivity index (χ3v) is 3.80. The van der Waals surface area contributed by atoms with E-state index >= 15 is 0 Å². The van der Waals surface area contributed by atoms with Crippen molar-refractivity contribution in [2.24, 2.45) is 5.73 Å². The molecule has 4 nitrogen and oxygen atoms in total. The lowest BCUT2D eigenvalue weighted by Crippen LogP contribution is -2.02. The fourth-order valence-corrected chi connectivity index (χ4v) is 2.46. The summed E-state index contributed by atoms with van der Waals surface area (Å²) >= 11 is 1.70. The molecule has 0 saturated carbocycles. The summed E-state index contributed by atoms with van der Waals surface area (Å²) in [5, 5.41) is 0. The number of pyridine rings is 1. The first-order chi connectivity index (χ1) is 9.81. The summed E-state index contributed by atoms with van der Waals surface area (Å²) in [4.78, 5) is 5.68. The number of nitrogens with two attached hydrogens (primary N) is 1. The minimum absolute atomic E-state index is 0.378. The van der Waals surface area contributed by atoms with Crippen molar-refractivity contribution in [3.05, 3.63) is 54.4 Å². The lowest BCUT2D eigenvalue weighted by Gasteiger charge is -2.05. The van der Waals surface area contributed by atoms with Gasteiger partial charge in [0, 0.05) is 17.6 Å². The summed E-state index contributed by atoms with van der Waals surface area (Å²) in [6.07, 6.45) is 3.98. The molecule has 2 N–H and O–H groups in total. The Balaban J connectivity index is 1.96. The molecular weight excluding hydrogens is 270 g/mol. The van der Waals surface area contributed by atoms with Crippen LogP contribution < -0.4 is 10.5 Å². The Morgan fingerprint density at radius 3 is 2.70 bits per heavy atom. The Kier molecular flexibility index (Phi) is 3.62. The van der Waals surface area contributed by atoms with Crippen LogP contribution in [-0.2, 0) is 6.54 Å². The van der Waals surface area contributed by atoms with Gasteiger partial charge < -0.3 is 10.5 Å².